The maximum atomic E-state index is 13.1. The highest BCUT2D eigenvalue weighted by Crippen LogP contribution is 2.15. The highest BCUT2D eigenvalue weighted by Gasteiger charge is 2.17. The number of hydrogen-bond acceptors (Lipinski definition) is 3. The van der Waals surface area contributed by atoms with Gasteiger partial charge in [-0.3, -0.25) is 4.79 Å². The number of carbonyl (C=O) groups excluding carboxylic acids is 1. The molecule has 5 heteroatoms. The molecule has 21 heavy (non-hydrogen) atoms. The molecule has 0 amide bonds. The molecule has 0 radical (unpaired) electrons. The summed E-state index contributed by atoms with van der Waals surface area (Å²) in [5.41, 5.74) is 0.0990. The van der Waals surface area contributed by atoms with E-state index in [2.05, 4.69) is 4.90 Å². The topological polar surface area (TPSA) is 29.5 Å². The Morgan fingerprint density at radius 2 is 2.05 bits per heavy atom. The van der Waals surface area contributed by atoms with Crippen LogP contribution in [-0.4, -0.2) is 44.0 Å². The number of halogens is 2. The van der Waals surface area contributed by atoms with E-state index in [4.69, 9.17) is 4.74 Å². The summed E-state index contributed by atoms with van der Waals surface area (Å²) in [6.45, 7) is 3.06. The Morgan fingerprint density at radius 3 is 2.67 bits per heavy atom. The third kappa shape index (κ3) is 5.17. The zero-order valence-electron chi connectivity index (χ0n) is 12.3. The van der Waals surface area contributed by atoms with Gasteiger partial charge in [-0.05, 0) is 37.9 Å². The molecule has 1 aliphatic heterocycles. The standard InChI is InChI=1S/C16H21F2NO2/c1-19(10-12-3-2-6-21-11-12)5-4-16(20)13-7-14(17)9-15(18)8-13/h7-9,12H,2-6,10-11H2,1H3. The SMILES string of the molecule is CN(CCC(=O)c1cc(F)cc(F)c1)CC1CCCOC1. The molecule has 0 aromatic heterocycles. The van der Waals surface area contributed by atoms with Gasteiger partial charge in [0.15, 0.2) is 5.78 Å². The van der Waals surface area contributed by atoms with Crippen molar-refractivity contribution in [2.45, 2.75) is 19.3 Å². The zero-order chi connectivity index (χ0) is 15.2. The van der Waals surface area contributed by atoms with E-state index in [-0.39, 0.29) is 17.8 Å². The molecule has 3 nitrogen and oxygen atoms in total. The molecule has 1 unspecified atom stereocenters. The molecule has 0 aliphatic carbocycles. The van der Waals surface area contributed by atoms with Gasteiger partial charge >= 0.3 is 0 Å². The average Bonchev–Trinajstić information content (AvgIpc) is 2.45. The van der Waals surface area contributed by atoms with Crippen LogP contribution in [0.1, 0.15) is 29.6 Å². The van der Waals surface area contributed by atoms with E-state index in [1.54, 1.807) is 0 Å². The number of hydrogen-bond donors (Lipinski definition) is 0. The molecule has 1 fully saturated rings. The summed E-state index contributed by atoms with van der Waals surface area (Å²) in [5, 5.41) is 0. The molecular weight excluding hydrogens is 276 g/mol. The molecule has 0 spiro atoms. The van der Waals surface area contributed by atoms with Gasteiger partial charge in [0.25, 0.3) is 0 Å². The summed E-state index contributed by atoms with van der Waals surface area (Å²) in [7, 11) is 1.95. The normalized spacial score (nSPS) is 19.0. The molecule has 0 bridgehead atoms. The number of Topliss-reactive ketones (excluding diaryl/α,β-unsaturated/α-hetero) is 1. The molecule has 1 saturated heterocycles. The van der Waals surface area contributed by atoms with Gasteiger partial charge in [-0.15, -0.1) is 0 Å². The highest BCUT2D eigenvalue weighted by atomic mass is 19.1. The molecule has 2 rings (SSSR count). The Kier molecular flexibility index (Phi) is 5.82. The molecule has 1 aromatic rings. The van der Waals surface area contributed by atoms with Gasteiger partial charge in [-0.2, -0.15) is 0 Å². The van der Waals surface area contributed by atoms with Crippen molar-refractivity contribution in [3.05, 3.63) is 35.4 Å². The van der Waals surface area contributed by atoms with Crippen LogP contribution < -0.4 is 0 Å². The van der Waals surface area contributed by atoms with Crippen LogP contribution in [0.25, 0.3) is 0 Å². The number of nitrogens with zero attached hydrogens (tertiary/aromatic N) is 1. The van der Waals surface area contributed by atoms with Gasteiger partial charge in [-0.25, -0.2) is 8.78 Å². The summed E-state index contributed by atoms with van der Waals surface area (Å²) >= 11 is 0. The Labute approximate surface area is 123 Å². The molecule has 1 atom stereocenters. The van der Waals surface area contributed by atoms with Crippen LogP contribution in [0, 0.1) is 17.6 Å². The maximum absolute atomic E-state index is 13.1. The third-order valence-electron chi connectivity index (χ3n) is 3.73. The lowest BCUT2D eigenvalue weighted by molar-refractivity contribution is 0.0418. The summed E-state index contributed by atoms with van der Waals surface area (Å²) in [4.78, 5) is 14.0. The minimum Gasteiger partial charge on any atom is -0.381 e. The van der Waals surface area contributed by atoms with Crippen LogP contribution in [-0.2, 0) is 4.74 Å². The van der Waals surface area contributed by atoms with E-state index in [1.165, 1.54) is 0 Å². The third-order valence-corrected chi connectivity index (χ3v) is 3.73. The fourth-order valence-corrected chi connectivity index (χ4v) is 2.64. The lowest BCUT2D eigenvalue weighted by Crippen LogP contribution is -2.32. The minimum atomic E-state index is -0.717. The Bertz CT molecular complexity index is 467. The Hall–Kier alpha value is -1.33. The first-order valence-electron chi connectivity index (χ1n) is 7.30. The predicted molar refractivity (Wildman–Crippen MR) is 76.3 cm³/mol. The average molecular weight is 297 g/mol. The van der Waals surface area contributed by atoms with Crippen molar-refractivity contribution in [1.29, 1.82) is 0 Å². The summed E-state index contributed by atoms with van der Waals surface area (Å²) < 4.78 is 31.6. The van der Waals surface area contributed by atoms with Crippen molar-refractivity contribution in [2.24, 2.45) is 5.92 Å². The van der Waals surface area contributed by atoms with Gasteiger partial charge in [-0.1, -0.05) is 0 Å². The Balaban J connectivity index is 1.79. The van der Waals surface area contributed by atoms with E-state index >= 15 is 0 Å². The zero-order valence-corrected chi connectivity index (χ0v) is 12.3. The van der Waals surface area contributed by atoms with Crippen LogP contribution in [0.3, 0.4) is 0 Å². The molecule has 1 heterocycles. The van der Waals surface area contributed by atoms with Crippen LogP contribution in [0.2, 0.25) is 0 Å². The highest BCUT2D eigenvalue weighted by molar-refractivity contribution is 5.96. The van der Waals surface area contributed by atoms with Crippen molar-refractivity contribution in [2.75, 3.05) is 33.4 Å². The first-order chi connectivity index (χ1) is 10.0. The van der Waals surface area contributed by atoms with E-state index in [9.17, 15) is 13.6 Å². The van der Waals surface area contributed by atoms with Crippen molar-refractivity contribution >= 4 is 5.78 Å². The second-order valence-corrected chi connectivity index (χ2v) is 5.68. The fraction of sp³-hybridized carbons (Fsp3) is 0.562. The van der Waals surface area contributed by atoms with Gasteiger partial charge < -0.3 is 9.64 Å². The van der Waals surface area contributed by atoms with Gasteiger partial charge in [0, 0.05) is 37.7 Å². The number of benzene rings is 1. The summed E-state index contributed by atoms with van der Waals surface area (Å²) in [6, 6.07) is 2.94. The van der Waals surface area contributed by atoms with E-state index in [0.29, 0.717) is 12.5 Å². The van der Waals surface area contributed by atoms with Crippen LogP contribution in [0.15, 0.2) is 18.2 Å². The second-order valence-electron chi connectivity index (χ2n) is 5.68. The number of rotatable bonds is 6. The van der Waals surface area contributed by atoms with E-state index < -0.39 is 11.6 Å². The van der Waals surface area contributed by atoms with Gasteiger partial charge in [0.2, 0.25) is 0 Å². The second kappa shape index (κ2) is 7.61. The smallest absolute Gasteiger partial charge is 0.164 e. The van der Waals surface area contributed by atoms with Crippen LogP contribution in [0.4, 0.5) is 8.78 Å². The first-order valence-corrected chi connectivity index (χ1v) is 7.30. The van der Waals surface area contributed by atoms with Gasteiger partial charge in [0.05, 0.1) is 6.61 Å². The quantitative estimate of drug-likeness (QED) is 0.756. The minimum absolute atomic E-state index is 0.0990. The van der Waals surface area contributed by atoms with Gasteiger partial charge in [0.1, 0.15) is 11.6 Å². The maximum Gasteiger partial charge on any atom is 0.164 e. The Morgan fingerprint density at radius 1 is 1.33 bits per heavy atom. The number of carbonyl (C=O) groups is 1. The van der Waals surface area contributed by atoms with E-state index in [0.717, 1.165) is 50.8 Å². The van der Waals surface area contributed by atoms with Crippen molar-refractivity contribution in [3.63, 3.8) is 0 Å². The molecule has 0 saturated carbocycles. The molecule has 116 valence electrons. The van der Waals surface area contributed by atoms with Crippen molar-refractivity contribution in [1.82, 2.24) is 4.90 Å². The number of ketones is 1. The predicted octanol–water partition coefficient (Wildman–Crippen LogP) is 2.90. The van der Waals surface area contributed by atoms with Crippen LogP contribution in [0.5, 0.6) is 0 Å². The molecular formula is C16H21F2NO2. The summed E-state index contributed by atoms with van der Waals surface area (Å²) in [6.07, 6.45) is 2.49. The summed E-state index contributed by atoms with van der Waals surface area (Å²) in [5.74, 6) is -1.16. The van der Waals surface area contributed by atoms with Crippen molar-refractivity contribution in [3.8, 4) is 0 Å². The van der Waals surface area contributed by atoms with Crippen molar-refractivity contribution < 1.29 is 18.3 Å². The molecule has 0 N–H and O–H groups in total. The first kappa shape index (κ1) is 16.0. The lowest BCUT2D eigenvalue weighted by atomic mass is 10.0. The van der Waals surface area contributed by atoms with Crippen LogP contribution >= 0.6 is 0 Å². The fourth-order valence-electron chi connectivity index (χ4n) is 2.64. The molecule has 1 aliphatic rings. The monoisotopic (exact) mass is 297 g/mol. The van der Waals surface area contributed by atoms with E-state index in [1.807, 2.05) is 7.05 Å². The number of ether oxygens (including phenoxy) is 1. The largest absolute Gasteiger partial charge is 0.381 e. The lowest BCUT2D eigenvalue weighted by Gasteiger charge is -2.26. The molecule has 1 aromatic carbocycles.